The largest absolute Gasteiger partial charge is 0.300 e. The van der Waals surface area contributed by atoms with E-state index in [9.17, 15) is 9.59 Å². The lowest BCUT2D eigenvalue weighted by molar-refractivity contribution is -0.121. The summed E-state index contributed by atoms with van der Waals surface area (Å²) in [6.07, 6.45) is 2.02. The number of benzene rings is 1. The Balaban J connectivity index is 2.36. The van der Waals surface area contributed by atoms with E-state index in [2.05, 4.69) is 25.1 Å². The summed E-state index contributed by atoms with van der Waals surface area (Å²) >= 11 is 0. The van der Waals surface area contributed by atoms with Crippen molar-refractivity contribution in [3.63, 3.8) is 0 Å². The van der Waals surface area contributed by atoms with Gasteiger partial charge in [0.15, 0.2) is 5.78 Å². The van der Waals surface area contributed by atoms with E-state index in [0.29, 0.717) is 12.8 Å². The maximum Gasteiger partial charge on any atom is 0.154 e. The predicted molar refractivity (Wildman–Crippen MR) is 79.9 cm³/mol. The molecule has 0 radical (unpaired) electrons. The quantitative estimate of drug-likeness (QED) is 0.812. The molecule has 0 fully saturated rings. The SMILES string of the molecule is CCc1ccc2c(c1)n(C)n2C(CCC(C)=O)C(C)=O. The molecule has 4 nitrogen and oxygen atoms in total. The van der Waals surface area contributed by atoms with Gasteiger partial charge in [0, 0.05) is 13.5 Å². The Morgan fingerprint density at radius 1 is 1.20 bits per heavy atom. The summed E-state index contributed by atoms with van der Waals surface area (Å²) in [5.74, 6) is 0.226. The van der Waals surface area contributed by atoms with Gasteiger partial charge in [0.1, 0.15) is 11.8 Å². The van der Waals surface area contributed by atoms with Crippen LogP contribution >= 0.6 is 0 Å². The van der Waals surface area contributed by atoms with E-state index in [-0.39, 0.29) is 17.6 Å². The normalized spacial score (nSPS) is 12.8. The average Bonchev–Trinajstić information content (AvgIpc) is 2.41. The van der Waals surface area contributed by atoms with Crippen molar-refractivity contribution >= 4 is 22.6 Å². The van der Waals surface area contributed by atoms with E-state index in [1.807, 2.05) is 16.4 Å². The summed E-state index contributed by atoms with van der Waals surface area (Å²) < 4.78 is 4.01. The van der Waals surface area contributed by atoms with Crippen molar-refractivity contribution in [1.82, 2.24) is 9.36 Å². The van der Waals surface area contributed by atoms with E-state index >= 15 is 0 Å². The number of fused-ring (bicyclic) bond motifs is 1. The molecule has 1 heterocycles. The highest BCUT2D eigenvalue weighted by atomic mass is 16.1. The van der Waals surface area contributed by atoms with Gasteiger partial charge in [-0.3, -0.25) is 14.2 Å². The molecule has 0 saturated heterocycles. The number of hydrogen-bond donors (Lipinski definition) is 0. The molecule has 1 unspecified atom stereocenters. The number of carbonyl (C=O) groups is 2. The highest BCUT2D eigenvalue weighted by Gasteiger charge is 2.23. The van der Waals surface area contributed by atoms with Gasteiger partial charge in [-0.05, 0) is 44.4 Å². The second kappa shape index (κ2) is 5.65. The number of aryl methyl sites for hydroxylation is 2. The summed E-state index contributed by atoms with van der Waals surface area (Å²) in [5.41, 5.74) is 3.52. The first-order valence-electron chi connectivity index (χ1n) is 7.11. The number of aromatic nitrogens is 2. The van der Waals surface area contributed by atoms with E-state index in [4.69, 9.17) is 0 Å². The Labute approximate surface area is 119 Å². The highest BCUT2D eigenvalue weighted by Crippen LogP contribution is 2.27. The molecular formula is C16H22N2O2. The minimum absolute atomic E-state index is 0.100. The van der Waals surface area contributed by atoms with Crippen LogP contribution in [-0.2, 0) is 23.1 Å². The number of rotatable bonds is 6. The number of Topliss-reactive ketones (excluding diaryl/α,β-unsaturated/α-hetero) is 2. The molecule has 4 heteroatoms. The second-order valence-electron chi connectivity index (χ2n) is 5.41. The third-order valence-corrected chi connectivity index (χ3v) is 3.90. The van der Waals surface area contributed by atoms with Gasteiger partial charge >= 0.3 is 0 Å². The van der Waals surface area contributed by atoms with Crippen LogP contribution in [0.5, 0.6) is 0 Å². The molecule has 1 atom stereocenters. The van der Waals surface area contributed by atoms with Gasteiger partial charge in [-0.25, -0.2) is 0 Å². The number of hydrogen-bond acceptors (Lipinski definition) is 2. The van der Waals surface area contributed by atoms with Crippen LogP contribution in [0.25, 0.3) is 11.0 Å². The van der Waals surface area contributed by atoms with Crippen molar-refractivity contribution in [2.24, 2.45) is 7.05 Å². The van der Waals surface area contributed by atoms with Gasteiger partial charge in [-0.2, -0.15) is 0 Å². The smallest absolute Gasteiger partial charge is 0.154 e. The summed E-state index contributed by atoms with van der Waals surface area (Å²) in [6.45, 7) is 5.29. The van der Waals surface area contributed by atoms with Gasteiger partial charge in [0.2, 0.25) is 0 Å². The zero-order valence-electron chi connectivity index (χ0n) is 12.6. The van der Waals surface area contributed by atoms with Crippen molar-refractivity contribution in [3.05, 3.63) is 23.8 Å². The minimum Gasteiger partial charge on any atom is -0.300 e. The van der Waals surface area contributed by atoms with Crippen LogP contribution in [0.4, 0.5) is 0 Å². The molecule has 20 heavy (non-hydrogen) atoms. The van der Waals surface area contributed by atoms with Crippen molar-refractivity contribution in [2.75, 3.05) is 0 Å². The van der Waals surface area contributed by atoms with Gasteiger partial charge < -0.3 is 4.79 Å². The van der Waals surface area contributed by atoms with Crippen molar-refractivity contribution in [3.8, 4) is 0 Å². The van der Waals surface area contributed by atoms with E-state index in [0.717, 1.165) is 17.5 Å². The third kappa shape index (κ3) is 2.55. The van der Waals surface area contributed by atoms with E-state index < -0.39 is 0 Å². The minimum atomic E-state index is -0.246. The van der Waals surface area contributed by atoms with Crippen LogP contribution in [-0.4, -0.2) is 20.9 Å². The predicted octanol–water partition coefficient (Wildman–Crippen LogP) is 3.04. The Morgan fingerprint density at radius 3 is 2.45 bits per heavy atom. The molecule has 0 N–H and O–H groups in total. The molecule has 0 amide bonds. The topological polar surface area (TPSA) is 44.0 Å². The molecule has 0 saturated carbocycles. The fraction of sp³-hybridized carbons (Fsp3) is 0.500. The van der Waals surface area contributed by atoms with Crippen LogP contribution < -0.4 is 0 Å². The molecular weight excluding hydrogens is 252 g/mol. The van der Waals surface area contributed by atoms with Crippen LogP contribution in [0.15, 0.2) is 18.2 Å². The zero-order chi connectivity index (χ0) is 14.9. The fourth-order valence-electron chi connectivity index (χ4n) is 2.69. The molecule has 0 aliphatic rings. The van der Waals surface area contributed by atoms with Gasteiger partial charge in [0.05, 0.1) is 11.0 Å². The first-order valence-corrected chi connectivity index (χ1v) is 7.11. The van der Waals surface area contributed by atoms with Crippen molar-refractivity contribution in [1.29, 1.82) is 0 Å². The molecule has 0 aliphatic heterocycles. The average molecular weight is 274 g/mol. The standard InChI is InChI=1S/C16H22N2O2/c1-5-13-7-9-15-16(10-13)17(4)18(15)14(12(3)20)8-6-11(2)19/h7,9-10,14H,5-6,8H2,1-4H3. The Bertz CT molecular complexity index is 649. The molecule has 1 aromatic heterocycles. The molecule has 0 bridgehead atoms. The van der Waals surface area contributed by atoms with Gasteiger partial charge in [-0.1, -0.05) is 13.0 Å². The van der Waals surface area contributed by atoms with Crippen molar-refractivity contribution < 1.29 is 9.59 Å². The van der Waals surface area contributed by atoms with E-state index in [1.165, 1.54) is 5.56 Å². The maximum atomic E-state index is 11.9. The Kier molecular flexibility index (Phi) is 4.12. The van der Waals surface area contributed by atoms with E-state index in [1.54, 1.807) is 13.8 Å². The second-order valence-corrected chi connectivity index (χ2v) is 5.41. The summed E-state index contributed by atoms with van der Waals surface area (Å²) in [7, 11) is 1.96. The van der Waals surface area contributed by atoms with Crippen LogP contribution in [0.1, 0.15) is 45.2 Å². The first kappa shape index (κ1) is 14.6. The molecule has 1 aromatic carbocycles. The Hall–Kier alpha value is -1.84. The Morgan fingerprint density at radius 2 is 1.90 bits per heavy atom. The molecule has 2 aromatic rings. The third-order valence-electron chi connectivity index (χ3n) is 3.90. The lowest BCUT2D eigenvalue weighted by Crippen LogP contribution is -2.29. The monoisotopic (exact) mass is 274 g/mol. The van der Waals surface area contributed by atoms with Crippen LogP contribution in [0.2, 0.25) is 0 Å². The van der Waals surface area contributed by atoms with Crippen molar-refractivity contribution in [2.45, 2.75) is 46.1 Å². The van der Waals surface area contributed by atoms with Crippen LogP contribution in [0, 0.1) is 0 Å². The first-order chi connectivity index (χ1) is 9.45. The molecule has 0 aliphatic carbocycles. The van der Waals surface area contributed by atoms with Gasteiger partial charge in [0.25, 0.3) is 0 Å². The summed E-state index contributed by atoms with van der Waals surface area (Å²) in [5, 5.41) is 0. The van der Waals surface area contributed by atoms with Crippen LogP contribution in [0.3, 0.4) is 0 Å². The highest BCUT2D eigenvalue weighted by molar-refractivity contribution is 5.86. The molecule has 2 rings (SSSR count). The summed E-state index contributed by atoms with van der Waals surface area (Å²) in [4.78, 5) is 23.1. The number of carbonyl (C=O) groups excluding carboxylic acids is 2. The fourth-order valence-corrected chi connectivity index (χ4v) is 2.69. The lowest BCUT2D eigenvalue weighted by atomic mass is 10.0. The van der Waals surface area contributed by atoms with Gasteiger partial charge in [-0.15, -0.1) is 0 Å². The number of ketones is 2. The zero-order valence-corrected chi connectivity index (χ0v) is 12.6. The molecule has 0 spiro atoms. The number of nitrogens with zero attached hydrogens (tertiary/aromatic N) is 2. The lowest BCUT2D eigenvalue weighted by Gasteiger charge is -2.30. The molecule has 108 valence electrons. The summed E-state index contributed by atoms with van der Waals surface area (Å²) in [6, 6.07) is 6.08. The maximum absolute atomic E-state index is 11.9.